The first kappa shape index (κ1) is 32.3. The van der Waals surface area contributed by atoms with Gasteiger partial charge in [0, 0.05) is 38.3 Å². The number of rotatable bonds is 13. The minimum absolute atomic E-state index is 0.0439. The highest BCUT2D eigenvalue weighted by molar-refractivity contribution is 7.90. The molecule has 0 spiro atoms. The predicted molar refractivity (Wildman–Crippen MR) is 152 cm³/mol. The van der Waals surface area contributed by atoms with Gasteiger partial charge in [0.25, 0.3) is 11.8 Å². The summed E-state index contributed by atoms with van der Waals surface area (Å²) in [5, 5.41) is 4.55. The Morgan fingerprint density at radius 2 is 1.67 bits per heavy atom. The number of carbonyl (C=O) groups excluding carboxylic acids is 5. The molecule has 3 heterocycles. The molecule has 1 aromatic rings. The Labute approximate surface area is 249 Å². The van der Waals surface area contributed by atoms with Gasteiger partial charge in [-0.1, -0.05) is 6.07 Å². The highest BCUT2D eigenvalue weighted by atomic mass is 32.2. The fourth-order valence-corrected chi connectivity index (χ4v) is 6.08. The Morgan fingerprint density at radius 3 is 2.33 bits per heavy atom. The van der Waals surface area contributed by atoms with Gasteiger partial charge in [0.1, 0.15) is 16.9 Å². The van der Waals surface area contributed by atoms with Crippen LogP contribution in [0, 0.1) is 0 Å². The van der Waals surface area contributed by atoms with Crippen LogP contribution in [0.15, 0.2) is 18.2 Å². The highest BCUT2D eigenvalue weighted by Crippen LogP contribution is 2.32. The average Bonchev–Trinajstić information content (AvgIpc) is 3.13. The summed E-state index contributed by atoms with van der Waals surface area (Å²) in [6.45, 7) is 6.63. The van der Waals surface area contributed by atoms with Gasteiger partial charge in [-0.2, -0.15) is 0 Å². The Balaban J connectivity index is 1.10. The number of imide groups is 2. The van der Waals surface area contributed by atoms with E-state index >= 15 is 0 Å². The van der Waals surface area contributed by atoms with Crippen LogP contribution in [-0.2, 0) is 33.8 Å². The van der Waals surface area contributed by atoms with Crippen molar-refractivity contribution >= 4 is 45.4 Å². The molecular weight excluding hydrogens is 586 g/mol. The van der Waals surface area contributed by atoms with Crippen molar-refractivity contribution in [3.8, 4) is 0 Å². The summed E-state index contributed by atoms with van der Waals surface area (Å²) in [6, 6.07) is 3.77. The third kappa shape index (κ3) is 7.87. The topological polar surface area (TPSA) is 190 Å². The fraction of sp³-hybridized carbons (Fsp3) is 0.593. The van der Waals surface area contributed by atoms with Crippen LogP contribution >= 0.6 is 0 Å². The average molecular weight is 624 g/mol. The molecule has 0 saturated carbocycles. The van der Waals surface area contributed by atoms with Crippen LogP contribution in [0.4, 0.5) is 10.5 Å². The largest absolute Gasteiger partial charge is 0.444 e. The van der Waals surface area contributed by atoms with Crippen molar-refractivity contribution in [2.45, 2.75) is 50.5 Å². The van der Waals surface area contributed by atoms with Gasteiger partial charge in [-0.3, -0.25) is 29.4 Å². The van der Waals surface area contributed by atoms with Crippen molar-refractivity contribution in [1.82, 2.24) is 19.8 Å². The minimum Gasteiger partial charge on any atom is -0.444 e. The smallest absolute Gasteiger partial charge is 0.410 e. The molecule has 0 radical (unpaired) electrons. The molecule has 1 atom stereocenters. The lowest BCUT2D eigenvalue weighted by Crippen LogP contribution is -2.60. The lowest BCUT2D eigenvalue weighted by atomic mass is 10.0. The summed E-state index contributed by atoms with van der Waals surface area (Å²) in [4.78, 5) is 64.0. The number of benzene rings is 1. The van der Waals surface area contributed by atoms with Crippen molar-refractivity contribution in [1.29, 1.82) is 0 Å². The van der Waals surface area contributed by atoms with E-state index in [1.807, 2.05) is 0 Å². The van der Waals surface area contributed by atoms with Crippen molar-refractivity contribution in [2.75, 3.05) is 57.9 Å². The molecule has 236 valence electrons. The van der Waals surface area contributed by atoms with E-state index in [4.69, 9.17) is 14.2 Å². The quantitative estimate of drug-likeness (QED) is 0.199. The van der Waals surface area contributed by atoms with Gasteiger partial charge in [-0.25, -0.2) is 17.9 Å². The van der Waals surface area contributed by atoms with E-state index in [9.17, 15) is 32.4 Å². The zero-order valence-corrected chi connectivity index (χ0v) is 25.2. The number of fused-ring (bicyclic) bond motifs is 1. The predicted octanol–water partition coefficient (Wildman–Crippen LogP) is 0.0716. The molecule has 1 aromatic carbocycles. The Morgan fingerprint density at radius 1 is 1.00 bits per heavy atom. The Hall–Kier alpha value is -3.60. The van der Waals surface area contributed by atoms with Crippen molar-refractivity contribution in [3.05, 3.63) is 29.3 Å². The number of carbonyl (C=O) groups is 5. The highest BCUT2D eigenvalue weighted by Gasteiger charge is 2.45. The van der Waals surface area contributed by atoms with E-state index in [0.29, 0.717) is 12.2 Å². The number of amides is 5. The maximum absolute atomic E-state index is 13.1. The molecule has 0 aromatic heterocycles. The first-order chi connectivity index (χ1) is 20.3. The van der Waals surface area contributed by atoms with Crippen LogP contribution in [0.5, 0.6) is 0 Å². The zero-order chi connectivity index (χ0) is 31.4. The first-order valence-corrected chi connectivity index (χ1v) is 15.5. The van der Waals surface area contributed by atoms with Gasteiger partial charge in [-0.05, 0) is 39.3 Å². The molecule has 4 rings (SSSR count). The number of hydrogen-bond donors (Lipinski definition) is 3. The summed E-state index contributed by atoms with van der Waals surface area (Å²) >= 11 is 0. The minimum atomic E-state index is -3.59. The molecule has 43 heavy (non-hydrogen) atoms. The SMILES string of the molecule is CC(C)(C)OC(=O)N1CC(S(=O)(=O)NCCOCCOCCNc2cccc3c2C(=O)N(C2CCC(=O)NC2=O)C3=O)C1. The second-order valence-corrected chi connectivity index (χ2v) is 13.3. The van der Waals surface area contributed by atoms with Crippen LogP contribution in [0.3, 0.4) is 0 Å². The molecule has 0 aliphatic carbocycles. The monoisotopic (exact) mass is 623 g/mol. The van der Waals surface area contributed by atoms with Gasteiger partial charge < -0.3 is 24.4 Å². The van der Waals surface area contributed by atoms with Crippen LogP contribution in [0.25, 0.3) is 0 Å². The number of nitrogens with one attached hydrogen (secondary N) is 3. The number of anilines is 1. The fourth-order valence-electron chi connectivity index (χ4n) is 4.73. The number of likely N-dealkylation sites (tertiary alicyclic amines) is 1. The van der Waals surface area contributed by atoms with E-state index in [1.54, 1.807) is 32.9 Å². The van der Waals surface area contributed by atoms with Gasteiger partial charge >= 0.3 is 6.09 Å². The van der Waals surface area contributed by atoms with Gasteiger partial charge in [0.2, 0.25) is 21.8 Å². The van der Waals surface area contributed by atoms with Crippen molar-refractivity contribution in [2.24, 2.45) is 0 Å². The summed E-state index contributed by atoms with van der Waals surface area (Å²) in [5.41, 5.74) is 0.132. The van der Waals surface area contributed by atoms with Crippen LogP contribution < -0.4 is 15.4 Å². The number of piperidine rings is 1. The van der Waals surface area contributed by atoms with Crippen molar-refractivity contribution < 1.29 is 46.6 Å². The standard InChI is InChI=1S/C27H37N5O10S/c1-27(2,3)42-26(37)31-15-17(16-31)43(38,39)29-10-12-41-14-13-40-11-9-28-19-6-4-5-18-22(19)25(36)32(24(18)35)20-7-8-21(33)30-23(20)34/h4-6,17,20,28-29H,7-16H2,1-3H3,(H,30,33,34). The first-order valence-electron chi connectivity index (χ1n) is 14.0. The molecule has 3 aliphatic rings. The number of hydrogen-bond acceptors (Lipinski definition) is 11. The maximum Gasteiger partial charge on any atom is 0.410 e. The second-order valence-electron chi connectivity index (χ2n) is 11.3. The third-order valence-electron chi connectivity index (χ3n) is 6.89. The molecule has 15 nitrogen and oxygen atoms in total. The van der Waals surface area contributed by atoms with Gasteiger partial charge in [0.05, 0.1) is 37.6 Å². The molecule has 0 bridgehead atoms. The normalized spacial score (nSPS) is 19.3. The van der Waals surface area contributed by atoms with Crippen LogP contribution in [0.1, 0.15) is 54.3 Å². The summed E-state index contributed by atoms with van der Waals surface area (Å²) in [7, 11) is -3.59. The molecule has 3 aliphatic heterocycles. The molecule has 3 N–H and O–H groups in total. The van der Waals surface area contributed by atoms with Crippen LogP contribution in [-0.4, -0.2) is 117 Å². The second kappa shape index (κ2) is 13.4. The summed E-state index contributed by atoms with van der Waals surface area (Å²) in [5.74, 6) is -2.28. The molecule has 5 amide bonds. The number of sulfonamides is 1. The molecule has 16 heteroatoms. The molecule has 2 saturated heterocycles. The number of ether oxygens (including phenoxy) is 3. The van der Waals surface area contributed by atoms with E-state index < -0.39 is 56.6 Å². The molecule has 2 fully saturated rings. The maximum atomic E-state index is 13.1. The van der Waals surface area contributed by atoms with E-state index in [-0.39, 0.29) is 70.0 Å². The lowest BCUT2D eigenvalue weighted by molar-refractivity contribution is -0.136. The Kier molecular flexibility index (Phi) is 10.0. The van der Waals surface area contributed by atoms with E-state index in [1.165, 1.54) is 11.0 Å². The van der Waals surface area contributed by atoms with E-state index in [2.05, 4.69) is 15.4 Å². The zero-order valence-electron chi connectivity index (χ0n) is 24.3. The number of nitrogens with zero attached hydrogens (tertiary/aromatic N) is 2. The third-order valence-corrected chi connectivity index (χ3v) is 8.67. The lowest BCUT2D eigenvalue weighted by Gasteiger charge is -2.39. The van der Waals surface area contributed by atoms with Crippen molar-refractivity contribution in [3.63, 3.8) is 0 Å². The van der Waals surface area contributed by atoms with Crippen LogP contribution in [0.2, 0.25) is 0 Å². The van der Waals surface area contributed by atoms with Gasteiger partial charge in [-0.15, -0.1) is 0 Å². The van der Waals surface area contributed by atoms with E-state index in [0.717, 1.165) is 4.90 Å². The molecule has 1 unspecified atom stereocenters. The summed E-state index contributed by atoms with van der Waals surface area (Å²) < 4.78 is 43.4. The Bertz CT molecular complexity index is 1370. The summed E-state index contributed by atoms with van der Waals surface area (Å²) in [6.07, 6.45) is -0.414. The van der Waals surface area contributed by atoms with Gasteiger partial charge in [0.15, 0.2) is 0 Å². The molecular formula is C27H37N5O10S.